The van der Waals surface area contributed by atoms with Crippen LogP contribution in [-0.4, -0.2) is 26.0 Å². The zero-order chi connectivity index (χ0) is 19.7. The molecule has 6 nitrogen and oxygen atoms in total. The van der Waals surface area contributed by atoms with Crippen molar-refractivity contribution in [3.8, 4) is 23.0 Å². The van der Waals surface area contributed by atoms with Crippen LogP contribution in [0.5, 0.6) is 23.0 Å². The Bertz CT molecular complexity index is 898. The van der Waals surface area contributed by atoms with Gasteiger partial charge in [-0.1, -0.05) is 12.1 Å². The second kappa shape index (κ2) is 7.31. The van der Waals surface area contributed by atoms with Gasteiger partial charge >= 0.3 is 5.97 Å². The maximum atomic E-state index is 13.0. The van der Waals surface area contributed by atoms with Crippen molar-refractivity contribution in [3.05, 3.63) is 46.5 Å². The van der Waals surface area contributed by atoms with Gasteiger partial charge in [0.25, 0.3) is 0 Å². The van der Waals surface area contributed by atoms with Gasteiger partial charge in [0.05, 0.1) is 20.6 Å². The minimum Gasteiger partial charge on any atom is -0.497 e. The van der Waals surface area contributed by atoms with Crippen LogP contribution in [0.3, 0.4) is 0 Å². The topological polar surface area (TPSA) is 71.1 Å². The number of esters is 1. The van der Waals surface area contributed by atoms with E-state index in [1.54, 1.807) is 14.0 Å². The minimum atomic E-state index is -0.503. The fraction of sp³-hybridized carbons (Fsp3) is 0.333. The standard InChI is InChI=1S/C21H22O6/c1-11-19(25-5)12(2)21-18(20(11)26-13(3)22)16(23)10-17(27-21)14-6-8-15(24-4)9-7-14/h6-9,17H,10H2,1-5H3/t17-/m0/s1. The highest BCUT2D eigenvalue weighted by Gasteiger charge is 2.35. The molecule has 27 heavy (non-hydrogen) atoms. The number of hydrogen-bond donors (Lipinski definition) is 0. The Morgan fingerprint density at radius 2 is 1.70 bits per heavy atom. The maximum Gasteiger partial charge on any atom is 0.308 e. The van der Waals surface area contributed by atoms with Crippen LogP contribution in [0.2, 0.25) is 0 Å². The molecule has 0 saturated carbocycles. The number of methoxy groups -OCH3 is 2. The van der Waals surface area contributed by atoms with Crippen molar-refractivity contribution in [2.45, 2.75) is 33.3 Å². The Kier molecular flexibility index (Phi) is 5.08. The van der Waals surface area contributed by atoms with Gasteiger partial charge in [0.2, 0.25) is 0 Å². The van der Waals surface area contributed by atoms with Crippen LogP contribution in [0.1, 0.15) is 46.5 Å². The lowest BCUT2D eigenvalue weighted by molar-refractivity contribution is -0.131. The summed E-state index contributed by atoms with van der Waals surface area (Å²) in [6.45, 7) is 4.88. The molecule has 0 amide bonds. The molecule has 1 atom stereocenters. The van der Waals surface area contributed by atoms with Gasteiger partial charge in [-0.3, -0.25) is 9.59 Å². The lowest BCUT2D eigenvalue weighted by Gasteiger charge is -2.30. The Labute approximate surface area is 158 Å². The smallest absolute Gasteiger partial charge is 0.308 e. The summed E-state index contributed by atoms with van der Waals surface area (Å²) in [4.78, 5) is 24.5. The molecule has 1 heterocycles. The maximum absolute atomic E-state index is 13.0. The van der Waals surface area contributed by atoms with Crippen molar-refractivity contribution >= 4 is 11.8 Å². The Morgan fingerprint density at radius 1 is 1.04 bits per heavy atom. The van der Waals surface area contributed by atoms with Crippen LogP contribution in [0, 0.1) is 13.8 Å². The number of carbonyl (C=O) groups is 2. The summed E-state index contributed by atoms with van der Waals surface area (Å²) in [5.74, 6) is 1.22. The normalized spacial score (nSPS) is 15.6. The van der Waals surface area contributed by atoms with E-state index in [9.17, 15) is 9.59 Å². The molecule has 0 aliphatic carbocycles. The molecule has 6 heteroatoms. The zero-order valence-electron chi connectivity index (χ0n) is 16.0. The molecule has 2 aromatic rings. The molecule has 0 radical (unpaired) electrons. The number of Topliss-reactive ketones (excluding diaryl/α,β-unsaturated/α-hetero) is 1. The summed E-state index contributed by atoms with van der Waals surface area (Å²) in [6, 6.07) is 7.39. The number of benzene rings is 2. The van der Waals surface area contributed by atoms with Crippen molar-refractivity contribution in [1.82, 2.24) is 0 Å². The van der Waals surface area contributed by atoms with Crippen molar-refractivity contribution in [3.63, 3.8) is 0 Å². The van der Waals surface area contributed by atoms with Gasteiger partial charge in [-0.2, -0.15) is 0 Å². The lowest BCUT2D eigenvalue weighted by Crippen LogP contribution is -2.23. The van der Waals surface area contributed by atoms with Crippen molar-refractivity contribution < 1.29 is 28.5 Å². The molecule has 1 aliphatic rings. The summed E-state index contributed by atoms with van der Waals surface area (Å²) in [5, 5.41) is 0. The van der Waals surface area contributed by atoms with Crippen molar-refractivity contribution in [2.24, 2.45) is 0 Å². The first kappa shape index (κ1) is 18.8. The number of rotatable bonds is 4. The van der Waals surface area contributed by atoms with E-state index >= 15 is 0 Å². The number of ketones is 1. The van der Waals surface area contributed by atoms with E-state index in [4.69, 9.17) is 18.9 Å². The molecule has 142 valence electrons. The molecule has 0 spiro atoms. The highest BCUT2D eigenvalue weighted by Crippen LogP contribution is 2.48. The second-order valence-corrected chi connectivity index (χ2v) is 6.42. The Morgan fingerprint density at radius 3 is 2.26 bits per heavy atom. The lowest BCUT2D eigenvalue weighted by atomic mass is 9.91. The van der Waals surface area contributed by atoms with E-state index in [1.165, 1.54) is 14.0 Å². The third kappa shape index (κ3) is 3.35. The first-order valence-electron chi connectivity index (χ1n) is 8.60. The van der Waals surface area contributed by atoms with Crippen LogP contribution in [-0.2, 0) is 4.79 Å². The van der Waals surface area contributed by atoms with Crippen LogP contribution >= 0.6 is 0 Å². The first-order valence-corrected chi connectivity index (χ1v) is 8.60. The number of hydrogen-bond acceptors (Lipinski definition) is 6. The summed E-state index contributed by atoms with van der Waals surface area (Å²) in [5.41, 5.74) is 2.46. The summed E-state index contributed by atoms with van der Waals surface area (Å²) in [7, 11) is 3.13. The molecule has 0 bridgehead atoms. The molecular weight excluding hydrogens is 348 g/mol. The molecule has 0 N–H and O–H groups in total. The van der Waals surface area contributed by atoms with Crippen LogP contribution in [0.4, 0.5) is 0 Å². The average Bonchev–Trinajstić information content (AvgIpc) is 2.65. The van der Waals surface area contributed by atoms with E-state index in [0.29, 0.717) is 28.2 Å². The first-order chi connectivity index (χ1) is 12.9. The van der Waals surface area contributed by atoms with Crippen LogP contribution in [0.25, 0.3) is 0 Å². The zero-order valence-corrected chi connectivity index (χ0v) is 16.0. The van der Waals surface area contributed by atoms with Gasteiger partial charge < -0.3 is 18.9 Å². The van der Waals surface area contributed by atoms with Crippen molar-refractivity contribution in [1.29, 1.82) is 0 Å². The summed E-state index contributed by atoms with van der Waals surface area (Å²) >= 11 is 0. The largest absolute Gasteiger partial charge is 0.497 e. The van der Waals surface area contributed by atoms with E-state index < -0.39 is 12.1 Å². The summed E-state index contributed by atoms with van der Waals surface area (Å²) < 4.78 is 22.2. The van der Waals surface area contributed by atoms with Gasteiger partial charge in [0.1, 0.15) is 28.9 Å². The molecular formula is C21H22O6. The summed E-state index contributed by atoms with van der Waals surface area (Å²) in [6.07, 6.45) is -0.286. The van der Waals surface area contributed by atoms with Gasteiger partial charge in [-0.15, -0.1) is 0 Å². The predicted molar refractivity (Wildman–Crippen MR) is 99.1 cm³/mol. The molecule has 0 saturated heterocycles. The third-order valence-electron chi connectivity index (χ3n) is 4.66. The van der Waals surface area contributed by atoms with Gasteiger partial charge in [-0.05, 0) is 31.5 Å². The average molecular weight is 370 g/mol. The minimum absolute atomic E-state index is 0.137. The number of carbonyl (C=O) groups excluding carboxylic acids is 2. The Hall–Kier alpha value is -3.02. The Balaban J connectivity index is 2.11. The van der Waals surface area contributed by atoms with E-state index in [1.807, 2.05) is 31.2 Å². The molecule has 2 aromatic carbocycles. The molecule has 3 rings (SSSR count). The van der Waals surface area contributed by atoms with Crippen LogP contribution in [0.15, 0.2) is 24.3 Å². The fourth-order valence-electron chi connectivity index (χ4n) is 3.40. The highest BCUT2D eigenvalue weighted by molar-refractivity contribution is 6.04. The van der Waals surface area contributed by atoms with E-state index in [-0.39, 0.29) is 18.0 Å². The van der Waals surface area contributed by atoms with E-state index in [2.05, 4.69) is 0 Å². The molecule has 1 aliphatic heterocycles. The molecule has 0 unspecified atom stereocenters. The van der Waals surface area contributed by atoms with Crippen LogP contribution < -0.4 is 18.9 Å². The highest BCUT2D eigenvalue weighted by atomic mass is 16.5. The second-order valence-electron chi connectivity index (χ2n) is 6.42. The van der Waals surface area contributed by atoms with Gasteiger partial charge in [0.15, 0.2) is 11.5 Å². The van der Waals surface area contributed by atoms with Crippen molar-refractivity contribution in [2.75, 3.05) is 14.2 Å². The van der Waals surface area contributed by atoms with E-state index in [0.717, 1.165) is 11.3 Å². The fourth-order valence-corrected chi connectivity index (χ4v) is 3.40. The third-order valence-corrected chi connectivity index (χ3v) is 4.66. The predicted octanol–water partition coefficient (Wildman–Crippen LogP) is 3.95. The number of fused-ring (bicyclic) bond motifs is 1. The molecule has 0 aromatic heterocycles. The van der Waals surface area contributed by atoms with Gasteiger partial charge in [0, 0.05) is 18.1 Å². The number of ether oxygens (including phenoxy) is 4. The molecule has 0 fully saturated rings. The monoisotopic (exact) mass is 370 g/mol. The quantitative estimate of drug-likeness (QED) is 0.599. The van der Waals surface area contributed by atoms with Gasteiger partial charge in [-0.25, -0.2) is 0 Å². The SMILES string of the molecule is COc1ccc([C@@H]2CC(=O)c3c(OC(C)=O)c(C)c(OC)c(C)c3O2)cc1.